The van der Waals surface area contributed by atoms with Crippen molar-refractivity contribution in [2.75, 3.05) is 19.7 Å². The number of nitrogens with zero attached hydrogens (tertiary/aromatic N) is 4. The van der Waals surface area contributed by atoms with Crippen LogP contribution in [0.4, 0.5) is 0 Å². The molecule has 0 bridgehead atoms. The molecule has 1 aliphatic rings. The van der Waals surface area contributed by atoms with Crippen molar-refractivity contribution >= 4 is 11.9 Å². The Labute approximate surface area is 124 Å². The minimum absolute atomic E-state index is 0.0118. The number of hydrogen-bond donors (Lipinski definition) is 0. The highest BCUT2D eigenvalue weighted by atomic mass is 16.5. The molecule has 21 heavy (non-hydrogen) atoms. The van der Waals surface area contributed by atoms with E-state index in [1.807, 2.05) is 13.8 Å². The van der Waals surface area contributed by atoms with E-state index in [0.717, 1.165) is 18.5 Å². The molecular formula is C14H22N4O3. The normalized spacial score (nSPS) is 14.0. The van der Waals surface area contributed by atoms with Crippen molar-refractivity contribution in [1.82, 2.24) is 19.9 Å². The maximum Gasteiger partial charge on any atom is 0.360 e. The largest absolute Gasteiger partial charge is 0.461 e. The average molecular weight is 294 g/mol. The number of amides is 1. The van der Waals surface area contributed by atoms with E-state index in [-0.39, 0.29) is 24.1 Å². The molecule has 0 spiro atoms. The van der Waals surface area contributed by atoms with Crippen molar-refractivity contribution in [2.24, 2.45) is 0 Å². The van der Waals surface area contributed by atoms with Crippen molar-refractivity contribution in [3.63, 3.8) is 0 Å². The second-order valence-corrected chi connectivity index (χ2v) is 5.04. The zero-order valence-electron chi connectivity index (χ0n) is 12.8. The second kappa shape index (κ2) is 6.69. The van der Waals surface area contributed by atoms with Gasteiger partial charge in [-0.05, 0) is 33.6 Å². The van der Waals surface area contributed by atoms with Gasteiger partial charge in [0.05, 0.1) is 12.3 Å². The highest BCUT2D eigenvalue weighted by Crippen LogP contribution is 2.41. The molecule has 0 saturated heterocycles. The lowest BCUT2D eigenvalue weighted by molar-refractivity contribution is -0.131. The van der Waals surface area contributed by atoms with Gasteiger partial charge in [-0.3, -0.25) is 4.79 Å². The van der Waals surface area contributed by atoms with Crippen molar-refractivity contribution in [2.45, 2.75) is 46.1 Å². The molecule has 1 amide bonds. The molecule has 1 saturated carbocycles. The van der Waals surface area contributed by atoms with E-state index in [4.69, 9.17) is 4.74 Å². The first-order valence-electron chi connectivity index (χ1n) is 7.50. The zero-order chi connectivity index (χ0) is 15.4. The molecule has 1 heterocycles. The van der Waals surface area contributed by atoms with Gasteiger partial charge in [-0.15, -0.1) is 5.10 Å². The number of rotatable bonds is 7. The monoisotopic (exact) mass is 294 g/mol. The Morgan fingerprint density at radius 3 is 2.48 bits per heavy atom. The average Bonchev–Trinajstić information content (AvgIpc) is 3.21. The first-order chi connectivity index (χ1) is 10.1. The maximum absolute atomic E-state index is 12.2. The molecule has 0 unspecified atom stereocenters. The van der Waals surface area contributed by atoms with Gasteiger partial charge in [0.2, 0.25) is 5.91 Å². The third-order valence-electron chi connectivity index (χ3n) is 3.61. The summed E-state index contributed by atoms with van der Waals surface area (Å²) in [5, 5.41) is 7.92. The minimum atomic E-state index is -0.457. The summed E-state index contributed by atoms with van der Waals surface area (Å²) in [5.74, 6) is -0.202. The molecular weight excluding hydrogens is 272 g/mol. The van der Waals surface area contributed by atoms with Crippen LogP contribution in [0.3, 0.4) is 0 Å². The maximum atomic E-state index is 12.2. The number of ether oxygens (including phenoxy) is 1. The Morgan fingerprint density at radius 2 is 1.95 bits per heavy atom. The summed E-state index contributed by atoms with van der Waals surface area (Å²) in [5.41, 5.74) is 1.00. The lowest BCUT2D eigenvalue weighted by Crippen LogP contribution is -2.34. The van der Waals surface area contributed by atoms with Crippen LogP contribution < -0.4 is 0 Å². The number of carbonyl (C=O) groups is 2. The minimum Gasteiger partial charge on any atom is -0.461 e. The van der Waals surface area contributed by atoms with Gasteiger partial charge in [-0.2, -0.15) is 0 Å². The molecule has 7 heteroatoms. The van der Waals surface area contributed by atoms with Crippen LogP contribution in [0.25, 0.3) is 0 Å². The molecule has 0 N–H and O–H groups in total. The molecule has 1 aliphatic carbocycles. The lowest BCUT2D eigenvalue weighted by atomic mass is 10.2. The molecule has 7 nitrogen and oxygen atoms in total. The van der Waals surface area contributed by atoms with Gasteiger partial charge in [0, 0.05) is 19.0 Å². The van der Waals surface area contributed by atoms with Gasteiger partial charge in [0.15, 0.2) is 5.69 Å². The molecule has 0 radical (unpaired) electrons. The van der Waals surface area contributed by atoms with Gasteiger partial charge < -0.3 is 9.64 Å². The van der Waals surface area contributed by atoms with Crippen LogP contribution >= 0.6 is 0 Å². The quantitative estimate of drug-likeness (QED) is 0.706. The Balaban J connectivity index is 2.20. The fourth-order valence-corrected chi connectivity index (χ4v) is 2.35. The van der Waals surface area contributed by atoms with Crippen LogP contribution in [-0.4, -0.2) is 51.5 Å². The van der Waals surface area contributed by atoms with E-state index in [0.29, 0.717) is 19.7 Å². The molecule has 0 aliphatic heterocycles. The summed E-state index contributed by atoms with van der Waals surface area (Å²) in [6.07, 6.45) is 2.00. The van der Waals surface area contributed by atoms with E-state index in [1.54, 1.807) is 16.5 Å². The van der Waals surface area contributed by atoms with Gasteiger partial charge in [-0.1, -0.05) is 5.21 Å². The van der Waals surface area contributed by atoms with Crippen molar-refractivity contribution in [3.05, 3.63) is 11.4 Å². The van der Waals surface area contributed by atoms with Crippen molar-refractivity contribution in [3.8, 4) is 0 Å². The lowest BCUT2D eigenvalue weighted by Gasteiger charge is -2.18. The number of hydrogen-bond acceptors (Lipinski definition) is 5. The first-order valence-corrected chi connectivity index (χ1v) is 7.50. The highest BCUT2D eigenvalue weighted by Gasteiger charge is 2.35. The Hall–Kier alpha value is -1.92. The zero-order valence-corrected chi connectivity index (χ0v) is 12.8. The van der Waals surface area contributed by atoms with Crippen molar-refractivity contribution in [1.29, 1.82) is 0 Å². The SMILES string of the molecule is CCOC(=O)c1nnn(CC(=O)N(CC)CC)c1C1CC1. The topological polar surface area (TPSA) is 77.3 Å². The molecule has 1 aromatic rings. The van der Waals surface area contributed by atoms with Gasteiger partial charge in [-0.25, -0.2) is 9.48 Å². The van der Waals surface area contributed by atoms with Crippen LogP contribution in [0.1, 0.15) is 55.7 Å². The number of carbonyl (C=O) groups excluding carboxylic acids is 2. The molecule has 1 fully saturated rings. The van der Waals surface area contributed by atoms with E-state index < -0.39 is 5.97 Å². The number of esters is 1. The number of aromatic nitrogens is 3. The molecule has 2 rings (SSSR count). The van der Waals surface area contributed by atoms with Crippen molar-refractivity contribution < 1.29 is 14.3 Å². The van der Waals surface area contributed by atoms with Crippen LogP contribution in [0.5, 0.6) is 0 Å². The standard InChI is InChI=1S/C14H22N4O3/c1-4-17(5-2)11(19)9-18-13(10-7-8-10)12(15-16-18)14(20)21-6-3/h10H,4-9H2,1-3H3. The van der Waals surface area contributed by atoms with E-state index in [9.17, 15) is 9.59 Å². The highest BCUT2D eigenvalue weighted by molar-refractivity contribution is 5.89. The Bertz CT molecular complexity index is 518. The van der Waals surface area contributed by atoms with E-state index in [1.165, 1.54) is 0 Å². The third-order valence-corrected chi connectivity index (χ3v) is 3.61. The number of likely N-dealkylation sites (N-methyl/N-ethyl adjacent to an activating group) is 1. The molecule has 0 atom stereocenters. The molecule has 116 valence electrons. The summed E-state index contributed by atoms with van der Waals surface area (Å²) in [6.45, 7) is 7.38. The fraction of sp³-hybridized carbons (Fsp3) is 0.714. The van der Waals surface area contributed by atoms with Gasteiger partial charge in [0.1, 0.15) is 6.54 Å². The summed E-state index contributed by atoms with van der Waals surface area (Å²) < 4.78 is 6.56. The van der Waals surface area contributed by atoms with Crippen LogP contribution in [0.2, 0.25) is 0 Å². The third kappa shape index (κ3) is 3.40. The molecule has 1 aromatic heterocycles. The predicted octanol–water partition coefficient (Wildman–Crippen LogP) is 1.20. The summed E-state index contributed by atoms with van der Waals surface area (Å²) in [4.78, 5) is 25.8. The second-order valence-electron chi connectivity index (χ2n) is 5.04. The van der Waals surface area contributed by atoms with Gasteiger partial charge in [0.25, 0.3) is 0 Å². The summed E-state index contributed by atoms with van der Waals surface area (Å²) in [7, 11) is 0. The Morgan fingerprint density at radius 1 is 1.29 bits per heavy atom. The Kier molecular flexibility index (Phi) is 4.93. The molecule has 0 aromatic carbocycles. The van der Waals surface area contributed by atoms with Crippen LogP contribution in [0, 0.1) is 0 Å². The van der Waals surface area contributed by atoms with E-state index in [2.05, 4.69) is 10.3 Å². The fourth-order valence-electron chi connectivity index (χ4n) is 2.35. The summed E-state index contributed by atoms with van der Waals surface area (Å²) >= 11 is 0. The smallest absolute Gasteiger partial charge is 0.360 e. The van der Waals surface area contributed by atoms with E-state index >= 15 is 0 Å². The van der Waals surface area contributed by atoms with Crippen LogP contribution in [-0.2, 0) is 16.1 Å². The van der Waals surface area contributed by atoms with Gasteiger partial charge >= 0.3 is 5.97 Å². The summed E-state index contributed by atoms with van der Waals surface area (Å²) in [6, 6.07) is 0. The predicted molar refractivity (Wildman–Crippen MR) is 75.9 cm³/mol. The first kappa shape index (κ1) is 15.5. The van der Waals surface area contributed by atoms with Crippen LogP contribution in [0.15, 0.2) is 0 Å².